The summed E-state index contributed by atoms with van der Waals surface area (Å²) >= 11 is 1.57. The number of carbonyl (C=O) groups excluding carboxylic acids is 1. The number of nitrogens with zero attached hydrogens (tertiary/aromatic N) is 2. The minimum absolute atomic E-state index is 0.194. The first-order valence-electron chi connectivity index (χ1n) is 6.81. The number of anilines is 1. The van der Waals surface area contributed by atoms with Crippen LogP contribution < -0.4 is 5.32 Å². The van der Waals surface area contributed by atoms with Gasteiger partial charge in [0.1, 0.15) is 16.7 Å². The molecule has 1 heterocycles. The second-order valence-electron chi connectivity index (χ2n) is 4.72. The van der Waals surface area contributed by atoms with Crippen LogP contribution >= 0.6 is 11.8 Å². The number of hydrogen-bond acceptors (Lipinski definition) is 6. The first-order chi connectivity index (χ1) is 9.49. The number of methoxy groups -OCH3 is 1. The van der Waals surface area contributed by atoms with Gasteiger partial charge in [0.25, 0.3) is 0 Å². The molecule has 0 atom stereocenters. The largest absolute Gasteiger partial charge is 0.469 e. The zero-order chi connectivity index (χ0) is 15.1. The summed E-state index contributed by atoms with van der Waals surface area (Å²) in [6, 6.07) is 0. The molecule has 5 nitrogen and oxygen atoms in total. The van der Waals surface area contributed by atoms with Crippen LogP contribution in [0.5, 0.6) is 0 Å². The van der Waals surface area contributed by atoms with Crippen LogP contribution in [-0.2, 0) is 9.53 Å². The van der Waals surface area contributed by atoms with Gasteiger partial charge in [-0.05, 0) is 13.8 Å². The molecule has 1 aromatic heterocycles. The smallest absolute Gasteiger partial charge is 0.306 e. The number of aromatic nitrogens is 2. The Balaban J connectivity index is 2.89. The van der Waals surface area contributed by atoms with Crippen molar-refractivity contribution in [2.24, 2.45) is 0 Å². The maximum Gasteiger partial charge on any atom is 0.306 e. The molecule has 1 N–H and O–H groups in total. The Morgan fingerprint density at radius 3 is 2.65 bits per heavy atom. The van der Waals surface area contributed by atoms with E-state index in [-0.39, 0.29) is 11.9 Å². The van der Waals surface area contributed by atoms with Gasteiger partial charge >= 0.3 is 5.97 Å². The molecule has 0 saturated heterocycles. The average Bonchev–Trinajstić information content (AvgIpc) is 2.42. The number of rotatable bonds is 7. The number of esters is 1. The Morgan fingerprint density at radius 2 is 2.10 bits per heavy atom. The Bertz CT molecular complexity index is 464. The van der Waals surface area contributed by atoms with Gasteiger partial charge in [0.15, 0.2) is 0 Å². The van der Waals surface area contributed by atoms with Crippen LogP contribution in [0.3, 0.4) is 0 Å². The van der Waals surface area contributed by atoms with Crippen LogP contribution in [0.2, 0.25) is 0 Å². The summed E-state index contributed by atoms with van der Waals surface area (Å²) < 4.78 is 4.65. The predicted molar refractivity (Wildman–Crippen MR) is 82.4 cm³/mol. The van der Waals surface area contributed by atoms with Crippen molar-refractivity contribution in [3.63, 3.8) is 0 Å². The fourth-order valence-electron chi connectivity index (χ4n) is 1.58. The van der Waals surface area contributed by atoms with E-state index in [1.54, 1.807) is 11.8 Å². The fourth-order valence-corrected chi connectivity index (χ4v) is 2.52. The Hall–Kier alpha value is -1.30. The zero-order valence-electron chi connectivity index (χ0n) is 12.8. The van der Waals surface area contributed by atoms with Crippen molar-refractivity contribution < 1.29 is 9.53 Å². The van der Waals surface area contributed by atoms with Gasteiger partial charge in [0.2, 0.25) is 0 Å². The van der Waals surface area contributed by atoms with Crippen LogP contribution in [0.15, 0.2) is 5.03 Å². The maximum atomic E-state index is 11.2. The summed E-state index contributed by atoms with van der Waals surface area (Å²) in [5.41, 5.74) is 1.03. The Kier molecular flexibility index (Phi) is 6.78. The summed E-state index contributed by atoms with van der Waals surface area (Å²) in [5, 5.41) is 4.20. The van der Waals surface area contributed by atoms with Crippen LogP contribution in [0.25, 0.3) is 0 Å². The molecule has 0 amide bonds. The molecule has 0 unspecified atom stereocenters. The quantitative estimate of drug-likeness (QED) is 0.474. The van der Waals surface area contributed by atoms with Crippen LogP contribution in [0, 0.1) is 6.92 Å². The normalized spacial score (nSPS) is 10.7. The van der Waals surface area contributed by atoms with Gasteiger partial charge in [-0.15, -0.1) is 11.8 Å². The van der Waals surface area contributed by atoms with Crippen molar-refractivity contribution in [2.45, 2.75) is 45.1 Å². The van der Waals surface area contributed by atoms with Gasteiger partial charge in [-0.2, -0.15) is 0 Å². The molecular weight excluding hydrogens is 274 g/mol. The first kappa shape index (κ1) is 16.8. The highest BCUT2D eigenvalue weighted by Gasteiger charge is 2.13. The minimum atomic E-state index is -0.194. The lowest BCUT2D eigenvalue weighted by Gasteiger charge is -2.14. The standard InChI is InChI=1S/C14H23N3O2S/c1-6-15-13-10(4)14(17-12(16-13)9(2)3)20-8-7-11(18)19-5/h9H,6-8H2,1-5H3,(H,15,16,17). The molecule has 0 spiro atoms. The third kappa shape index (κ3) is 4.67. The molecular formula is C14H23N3O2S. The number of ether oxygens (including phenoxy) is 1. The van der Waals surface area contributed by atoms with Crippen LogP contribution in [0.1, 0.15) is 44.5 Å². The minimum Gasteiger partial charge on any atom is -0.469 e. The molecule has 1 rings (SSSR count). The van der Waals surface area contributed by atoms with Gasteiger partial charge in [-0.3, -0.25) is 4.79 Å². The number of hydrogen-bond donors (Lipinski definition) is 1. The van der Waals surface area contributed by atoms with Gasteiger partial charge in [-0.1, -0.05) is 13.8 Å². The summed E-state index contributed by atoms with van der Waals surface area (Å²) in [5.74, 6) is 2.44. The van der Waals surface area contributed by atoms with Gasteiger partial charge in [0, 0.05) is 23.8 Å². The van der Waals surface area contributed by atoms with E-state index in [2.05, 4.69) is 33.9 Å². The third-order valence-corrected chi connectivity index (χ3v) is 3.83. The van der Waals surface area contributed by atoms with Crippen molar-refractivity contribution in [1.82, 2.24) is 9.97 Å². The van der Waals surface area contributed by atoms with E-state index in [0.29, 0.717) is 12.2 Å². The molecule has 0 aromatic carbocycles. The van der Waals surface area contributed by atoms with E-state index < -0.39 is 0 Å². The highest BCUT2D eigenvalue weighted by atomic mass is 32.2. The SMILES string of the molecule is CCNc1nc(C(C)C)nc(SCCC(=O)OC)c1C. The van der Waals surface area contributed by atoms with Crippen molar-refractivity contribution in [3.8, 4) is 0 Å². The number of thioether (sulfide) groups is 1. The molecule has 0 bridgehead atoms. The molecule has 112 valence electrons. The van der Waals surface area contributed by atoms with Gasteiger partial charge < -0.3 is 10.1 Å². The molecule has 1 aromatic rings. The van der Waals surface area contributed by atoms with Crippen molar-refractivity contribution >= 4 is 23.5 Å². The van der Waals surface area contributed by atoms with Crippen molar-refractivity contribution in [2.75, 3.05) is 24.7 Å². The molecule has 0 aliphatic rings. The topological polar surface area (TPSA) is 64.1 Å². The van der Waals surface area contributed by atoms with E-state index in [0.717, 1.165) is 28.8 Å². The summed E-state index contributed by atoms with van der Waals surface area (Å²) in [6.45, 7) is 9.01. The summed E-state index contributed by atoms with van der Waals surface area (Å²) in [7, 11) is 1.41. The Morgan fingerprint density at radius 1 is 1.40 bits per heavy atom. The monoisotopic (exact) mass is 297 g/mol. The lowest BCUT2D eigenvalue weighted by atomic mass is 10.2. The van der Waals surface area contributed by atoms with E-state index in [9.17, 15) is 4.79 Å². The highest BCUT2D eigenvalue weighted by molar-refractivity contribution is 7.99. The lowest BCUT2D eigenvalue weighted by Crippen LogP contribution is -2.09. The first-order valence-corrected chi connectivity index (χ1v) is 7.80. The Labute approximate surface area is 124 Å². The highest BCUT2D eigenvalue weighted by Crippen LogP contribution is 2.27. The number of nitrogens with one attached hydrogen (secondary N) is 1. The van der Waals surface area contributed by atoms with Crippen molar-refractivity contribution in [1.29, 1.82) is 0 Å². The second kappa shape index (κ2) is 8.09. The van der Waals surface area contributed by atoms with E-state index in [4.69, 9.17) is 0 Å². The van der Waals surface area contributed by atoms with E-state index >= 15 is 0 Å². The van der Waals surface area contributed by atoms with Gasteiger partial charge in [0.05, 0.1) is 13.5 Å². The number of carbonyl (C=O) groups is 1. The summed E-state index contributed by atoms with van der Waals surface area (Å²) in [6.07, 6.45) is 0.387. The lowest BCUT2D eigenvalue weighted by molar-refractivity contribution is -0.140. The van der Waals surface area contributed by atoms with Crippen LogP contribution in [0.4, 0.5) is 5.82 Å². The second-order valence-corrected chi connectivity index (χ2v) is 5.80. The van der Waals surface area contributed by atoms with E-state index in [1.807, 2.05) is 13.8 Å². The van der Waals surface area contributed by atoms with Gasteiger partial charge in [-0.25, -0.2) is 9.97 Å². The molecule has 0 saturated carbocycles. The molecule has 0 fully saturated rings. The van der Waals surface area contributed by atoms with E-state index in [1.165, 1.54) is 7.11 Å². The van der Waals surface area contributed by atoms with Crippen molar-refractivity contribution in [3.05, 3.63) is 11.4 Å². The molecule has 0 aliphatic heterocycles. The molecule has 20 heavy (non-hydrogen) atoms. The third-order valence-electron chi connectivity index (χ3n) is 2.75. The molecule has 0 radical (unpaired) electrons. The van der Waals surface area contributed by atoms with Crippen LogP contribution in [-0.4, -0.2) is 35.3 Å². The summed E-state index contributed by atoms with van der Waals surface area (Å²) in [4.78, 5) is 20.3. The predicted octanol–water partition coefficient (Wildman–Crippen LogP) is 3.00. The fraction of sp³-hybridized carbons (Fsp3) is 0.643. The maximum absolute atomic E-state index is 11.2. The molecule has 6 heteroatoms. The average molecular weight is 297 g/mol. The zero-order valence-corrected chi connectivity index (χ0v) is 13.6. The molecule has 0 aliphatic carbocycles.